The highest BCUT2D eigenvalue weighted by molar-refractivity contribution is 8.00. The van der Waals surface area contributed by atoms with Crippen LogP contribution in [0.1, 0.15) is 20.8 Å². The molecule has 0 radical (unpaired) electrons. The van der Waals surface area contributed by atoms with E-state index in [1.54, 1.807) is 6.92 Å². The van der Waals surface area contributed by atoms with Gasteiger partial charge in [0.25, 0.3) is 0 Å². The second-order valence-electron chi connectivity index (χ2n) is 5.39. The fraction of sp³-hybridized carbons (Fsp3) is 0.294. The van der Waals surface area contributed by atoms with Gasteiger partial charge in [-0.1, -0.05) is 30.3 Å². The number of carbonyl (C=O) groups is 2. The van der Waals surface area contributed by atoms with E-state index in [4.69, 9.17) is 0 Å². The molecule has 2 rings (SSSR count). The van der Waals surface area contributed by atoms with Crippen molar-refractivity contribution in [2.24, 2.45) is 0 Å². The Morgan fingerprint density at radius 1 is 1.00 bits per heavy atom. The SMILES string of the molecule is CC(C)NC(=O)NC(=O)[C@H](C)Sc1ccc2ccccc2c1. The minimum absolute atomic E-state index is 0.00348. The molecule has 2 N–H and O–H groups in total. The summed E-state index contributed by atoms with van der Waals surface area (Å²) >= 11 is 1.44. The number of hydrogen-bond donors (Lipinski definition) is 2. The minimum Gasteiger partial charge on any atom is -0.336 e. The first kappa shape index (κ1) is 16.4. The maximum absolute atomic E-state index is 12.0. The quantitative estimate of drug-likeness (QED) is 0.848. The number of carbonyl (C=O) groups excluding carboxylic acids is 2. The van der Waals surface area contributed by atoms with Crippen molar-refractivity contribution >= 4 is 34.5 Å². The maximum Gasteiger partial charge on any atom is 0.321 e. The molecule has 0 aliphatic rings. The van der Waals surface area contributed by atoms with Gasteiger partial charge >= 0.3 is 6.03 Å². The van der Waals surface area contributed by atoms with E-state index in [0.29, 0.717) is 0 Å². The summed E-state index contributed by atoms with van der Waals surface area (Å²) in [6, 6.07) is 13.7. The average Bonchev–Trinajstić information content (AvgIpc) is 2.46. The van der Waals surface area contributed by atoms with Gasteiger partial charge in [-0.05, 0) is 43.7 Å². The Hall–Kier alpha value is -2.01. The molecule has 0 heterocycles. The van der Waals surface area contributed by atoms with Gasteiger partial charge in [0, 0.05) is 10.9 Å². The molecule has 0 aromatic heterocycles. The second-order valence-corrected chi connectivity index (χ2v) is 6.80. The van der Waals surface area contributed by atoms with Crippen LogP contribution in [-0.2, 0) is 4.79 Å². The van der Waals surface area contributed by atoms with Crippen molar-refractivity contribution in [3.63, 3.8) is 0 Å². The number of urea groups is 1. The second kappa shape index (κ2) is 7.31. The van der Waals surface area contributed by atoms with Crippen molar-refractivity contribution in [3.05, 3.63) is 42.5 Å². The van der Waals surface area contributed by atoms with Crippen LogP contribution in [0.15, 0.2) is 47.4 Å². The molecule has 2 aromatic rings. The number of rotatable bonds is 4. The van der Waals surface area contributed by atoms with Gasteiger partial charge in [0.1, 0.15) is 0 Å². The van der Waals surface area contributed by atoms with Crippen molar-refractivity contribution in [1.29, 1.82) is 0 Å². The summed E-state index contributed by atoms with van der Waals surface area (Å²) in [6.07, 6.45) is 0. The van der Waals surface area contributed by atoms with E-state index in [9.17, 15) is 9.59 Å². The zero-order valence-electron chi connectivity index (χ0n) is 12.9. The number of nitrogens with one attached hydrogen (secondary N) is 2. The Labute approximate surface area is 134 Å². The molecule has 3 amide bonds. The number of thioether (sulfide) groups is 1. The van der Waals surface area contributed by atoms with Gasteiger partial charge in [-0.3, -0.25) is 10.1 Å². The standard InChI is InChI=1S/C17H20N2O2S/c1-11(2)18-17(21)19-16(20)12(3)22-15-9-8-13-6-4-5-7-14(13)10-15/h4-12H,1-3H3,(H2,18,19,20,21)/t12-/m0/s1. The topological polar surface area (TPSA) is 58.2 Å². The van der Waals surface area contributed by atoms with Crippen LogP contribution in [0.5, 0.6) is 0 Å². The number of hydrogen-bond acceptors (Lipinski definition) is 3. The van der Waals surface area contributed by atoms with E-state index in [2.05, 4.69) is 22.8 Å². The highest BCUT2D eigenvalue weighted by Gasteiger charge is 2.17. The predicted octanol–water partition coefficient (Wildman–Crippen LogP) is 3.55. The maximum atomic E-state index is 12.0. The molecule has 0 saturated carbocycles. The third-order valence-corrected chi connectivity index (χ3v) is 4.15. The molecule has 5 heteroatoms. The molecule has 0 unspecified atom stereocenters. The van der Waals surface area contributed by atoms with Crippen LogP contribution in [0.3, 0.4) is 0 Å². The fourth-order valence-electron chi connectivity index (χ4n) is 2.01. The summed E-state index contributed by atoms with van der Waals surface area (Å²) in [6.45, 7) is 5.48. The monoisotopic (exact) mass is 316 g/mol. The first-order valence-corrected chi connectivity index (χ1v) is 8.10. The summed E-state index contributed by atoms with van der Waals surface area (Å²) in [5, 5.41) is 6.95. The number of amides is 3. The average molecular weight is 316 g/mol. The predicted molar refractivity (Wildman–Crippen MR) is 91.1 cm³/mol. The smallest absolute Gasteiger partial charge is 0.321 e. The molecule has 4 nitrogen and oxygen atoms in total. The molecule has 0 aliphatic carbocycles. The number of imide groups is 1. The van der Waals surface area contributed by atoms with Crippen LogP contribution in [0.4, 0.5) is 4.79 Å². The van der Waals surface area contributed by atoms with Gasteiger partial charge in [-0.25, -0.2) is 4.79 Å². The molecule has 116 valence electrons. The van der Waals surface area contributed by atoms with Gasteiger partial charge in [0.2, 0.25) is 5.91 Å². The lowest BCUT2D eigenvalue weighted by Crippen LogP contribution is -2.45. The first-order chi connectivity index (χ1) is 10.5. The van der Waals surface area contributed by atoms with Crippen LogP contribution in [0, 0.1) is 0 Å². The van der Waals surface area contributed by atoms with Crippen molar-refractivity contribution in [2.75, 3.05) is 0 Å². The molecule has 22 heavy (non-hydrogen) atoms. The summed E-state index contributed by atoms with van der Waals surface area (Å²) in [4.78, 5) is 24.6. The zero-order valence-corrected chi connectivity index (χ0v) is 13.7. The van der Waals surface area contributed by atoms with Gasteiger partial charge < -0.3 is 5.32 Å². The Morgan fingerprint density at radius 3 is 2.36 bits per heavy atom. The summed E-state index contributed by atoms with van der Waals surface area (Å²) in [5.74, 6) is -0.295. The lowest BCUT2D eigenvalue weighted by molar-refractivity contribution is -0.119. The molecule has 1 atom stereocenters. The van der Waals surface area contributed by atoms with Gasteiger partial charge in [-0.2, -0.15) is 0 Å². The Morgan fingerprint density at radius 2 is 1.68 bits per heavy atom. The molecule has 2 aromatic carbocycles. The van der Waals surface area contributed by atoms with Crippen LogP contribution >= 0.6 is 11.8 Å². The molecule has 0 saturated heterocycles. The van der Waals surface area contributed by atoms with Crippen LogP contribution < -0.4 is 10.6 Å². The number of benzene rings is 2. The summed E-state index contributed by atoms with van der Waals surface area (Å²) < 4.78 is 0. The van der Waals surface area contributed by atoms with E-state index in [-0.39, 0.29) is 17.2 Å². The van der Waals surface area contributed by atoms with E-state index < -0.39 is 6.03 Å². The fourth-order valence-corrected chi connectivity index (χ4v) is 2.93. The molecule has 0 fully saturated rings. The molecule has 0 bridgehead atoms. The third-order valence-electron chi connectivity index (χ3n) is 3.06. The Kier molecular flexibility index (Phi) is 5.44. The number of fused-ring (bicyclic) bond motifs is 1. The largest absolute Gasteiger partial charge is 0.336 e. The molecular weight excluding hydrogens is 296 g/mol. The van der Waals surface area contributed by atoms with Crippen LogP contribution in [0.2, 0.25) is 0 Å². The minimum atomic E-state index is -0.453. The van der Waals surface area contributed by atoms with E-state index in [1.807, 2.05) is 44.2 Å². The van der Waals surface area contributed by atoms with Gasteiger partial charge in [0.05, 0.1) is 5.25 Å². The van der Waals surface area contributed by atoms with E-state index in [0.717, 1.165) is 10.3 Å². The van der Waals surface area contributed by atoms with Gasteiger partial charge in [-0.15, -0.1) is 11.8 Å². The van der Waals surface area contributed by atoms with Crippen molar-refractivity contribution in [1.82, 2.24) is 10.6 Å². The lowest BCUT2D eigenvalue weighted by atomic mass is 10.1. The Bertz CT molecular complexity index is 685. The van der Waals surface area contributed by atoms with Crippen molar-refractivity contribution in [2.45, 2.75) is 37.0 Å². The van der Waals surface area contributed by atoms with Crippen molar-refractivity contribution < 1.29 is 9.59 Å². The van der Waals surface area contributed by atoms with Crippen LogP contribution in [0.25, 0.3) is 10.8 Å². The molecular formula is C17H20N2O2S. The van der Waals surface area contributed by atoms with E-state index in [1.165, 1.54) is 17.1 Å². The zero-order chi connectivity index (χ0) is 16.1. The Balaban J connectivity index is 1.99. The van der Waals surface area contributed by atoms with Crippen LogP contribution in [-0.4, -0.2) is 23.2 Å². The first-order valence-electron chi connectivity index (χ1n) is 7.22. The van der Waals surface area contributed by atoms with Crippen molar-refractivity contribution in [3.8, 4) is 0 Å². The van der Waals surface area contributed by atoms with E-state index >= 15 is 0 Å². The molecule has 0 aliphatic heterocycles. The van der Waals surface area contributed by atoms with Gasteiger partial charge in [0.15, 0.2) is 0 Å². The summed E-state index contributed by atoms with van der Waals surface area (Å²) in [7, 11) is 0. The highest BCUT2D eigenvalue weighted by atomic mass is 32.2. The molecule has 0 spiro atoms. The highest BCUT2D eigenvalue weighted by Crippen LogP contribution is 2.27. The summed E-state index contributed by atoms with van der Waals surface area (Å²) in [5.41, 5.74) is 0. The normalized spacial score (nSPS) is 12.2. The lowest BCUT2D eigenvalue weighted by Gasteiger charge is -2.13. The third kappa shape index (κ3) is 4.49.